The Kier molecular flexibility index (Phi) is 16.4. The monoisotopic (exact) mass is 992 g/mol. The minimum atomic E-state index is -6.14. The topological polar surface area (TPSA) is 156 Å². The van der Waals surface area contributed by atoms with Gasteiger partial charge in [0.25, 0.3) is 25.8 Å². The highest BCUT2D eigenvalue weighted by molar-refractivity contribution is 8.00. The lowest BCUT2D eigenvalue weighted by molar-refractivity contribution is -0.137. The Labute approximate surface area is 390 Å². The number of aliphatic hydroxyl groups excluding tert-OH is 2. The van der Waals surface area contributed by atoms with Gasteiger partial charge in [0.15, 0.2) is 0 Å². The van der Waals surface area contributed by atoms with E-state index in [-0.39, 0.29) is 23.3 Å². The maximum Gasteiger partial charge on any atom is 0.501 e. The van der Waals surface area contributed by atoms with Gasteiger partial charge >= 0.3 is 11.7 Å². The first-order valence-electron chi connectivity index (χ1n) is 21.2. The van der Waals surface area contributed by atoms with Crippen LogP contribution in [0.2, 0.25) is 0 Å². The van der Waals surface area contributed by atoms with Crippen LogP contribution in [0.5, 0.6) is 0 Å². The van der Waals surface area contributed by atoms with Gasteiger partial charge in [-0.05, 0) is 122 Å². The van der Waals surface area contributed by atoms with Gasteiger partial charge in [-0.3, -0.25) is 4.79 Å². The highest BCUT2D eigenvalue weighted by Crippen LogP contribution is 2.40. The van der Waals surface area contributed by atoms with Gasteiger partial charge in [-0.25, -0.2) is 21.6 Å². The summed E-state index contributed by atoms with van der Waals surface area (Å²) in [6.07, 6.45) is -4.02. The Morgan fingerprint density at radius 3 is 2.07 bits per heavy atom. The number of rotatable bonds is 18. The minimum absolute atomic E-state index is 0.113. The molecule has 0 spiro atoms. The molecule has 1 fully saturated rings. The molecule has 11 nitrogen and oxygen atoms in total. The van der Waals surface area contributed by atoms with E-state index in [4.69, 9.17) is 0 Å². The van der Waals surface area contributed by atoms with Crippen molar-refractivity contribution in [2.45, 2.75) is 70.0 Å². The first kappa shape index (κ1) is 51.3. The van der Waals surface area contributed by atoms with Crippen molar-refractivity contribution in [3.8, 4) is 11.1 Å². The number of aliphatic hydroxyl groups is 2. The van der Waals surface area contributed by atoms with Gasteiger partial charge in [-0.15, -0.1) is 11.8 Å². The molecule has 6 rings (SSSR count). The summed E-state index contributed by atoms with van der Waals surface area (Å²) in [6, 6.07) is 28.3. The van der Waals surface area contributed by atoms with Crippen LogP contribution in [-0.2, 0) is 26.0 Å². The largest absolute Gasteiger partial charge is 0.501 e. The molecular formula is C47H50F6N4O7S3. The minimum Gasteiger partial charge on any atom is -0.395 e. The number of piperidine rings is 1. The molecule has 0 unspecified atom stereocenters. The van der Waals surface area contributed by atoms with Gasteiger partial charge in [0.05, 0.1) is 28.9 Å². The van der Waals surface area contributed by atoms with E-state index in [1.54, 1.807) is 48.3 Å². The number of benzene rings is 5. The van der Waals surface area contributed by atoms with Crippen LogP contribution in [0.1, 0.15) is 53.8 Å². The van der Waals surface area contributed by atoms with E-state index in [1.807, 2.05) is 46.9 Å². The molecule has 3 atom stereocenters. The average molecular weight is 993 g/mol. The molecule has 20 heteroatoms. The third-order valence-electron chi connectivity index (χ3n) is 11.6. The summed E-state index contributed by atoms with van der Waals surface area (Å²) in [5, 5.41) is 23.4. The molecule has 0 bridgehead atoms. The van der Waals surface area contributed by atoms with Crippen molar-refractivity contribution in [3.05, 3.63) is 138 Å². The second kappa shape index (κ2) is 21.5. The van der Waals surface area contributed by atoms with Crippen LogP contribution >= 0.6 is 11.8 Å². The molecular weight excluding hydrogens is 943 g/mol. The van der Waals surface area contributed by atoms with E-state index >= 15 is 0 Å². The van der Waals surface area contributed by atoms with Crippen LogP contribution in [0.4, 0.5) is 37.7 Å². The van der Waals surface area contributed by atoms with Crippen LogP contribution in [0.25, 0.3) is 11.1 Å². The lowest BCUT2D eigenvalue weighted by atomic mass is 9.84. The third-order valence-corrected chi connectivity index (χ3v) is 15.7. The molecule has 1 amide bonds. The number of thioether (sulfide) groups is 1. The number of hydrogen-bond donors (Lipinski definition) is 4. The van der Waals surface area contributed by atoms with Crippen LogP contribution in [0.3, 0.4) is 0 Å². The van der Waals surface area contributed by atoms with Crippen LogP contribution < -0.4 is 14.9 Å². The van der Waals surface area contributed by atoms with Gasteiger partial charge in [0.2, 0.25) is 0 Å². The number of hydrogen-bond acceptors (Lipinski definition) is 11. The maximum atomic E-state index is 14.2. The summed E-state index contributed by atoms with van der Waals surface area (Å²) < 4.78 is 137. The SMILES string of the molecule is C[C@@H](Sc1ccccc1)[C@@H](CCN(C)CCO)Nc1ccc(S(=O)(=O)NC(=O)c2ccc(N3CCC([C@@H](O)c4ccccc4-c4ccc(C(F)(F)F)cc4)CC3)cc2)cc1S(=O)(=O)C(F)(F)F. The summed E-state index contributed by atoms with van der Waals surface area (Å²) >= 11 is 1.40. The molecule has 0 saturated carbocycles. The fraction of sp³-hybridized carbons (Fsp3) is 0.340. The van der Waals surface area contributed by atoms with Gasteiger partial charge in [0.1, 0.15) is 4.90 Å². The summed E-state index contributed by atoms with van der Waals surface area (Å²) in [5.74, 6) is -1.31. The second-order valence-electron chi connectivity index (χ2n) is 16.2. The first-order chi connectivity index (χ1) is 31.6. The van der Waals surface area contributed by atoms with E-state index < -0.39 is 70.6 Å². The molecule has 5 aromatic rings. The molecule has 0 aliphatic carbocycles. The van der Waals surface area contributed by atoms with E-state index in [9.17, 15) is 58.2 Å². The number of sulfonamides is 1. The number of sulfone groups is 1. The average Bonchev–Trinajstić information content (AvgIpc) is 3.30. The van der Waals surface area contributed by atoms with E-state index in [1.165, 1.54) is 36.0 Å². The zero-order valence-corrected chi connectivity index (χ0v) is 38.8. The molecule has 67 heavy (non-hydrogen) atoms. The van der Waals surface area contributed by atoms with Crippen LogP contribution in [0.15, 0.2) is 136 Å². The molecule has 0 aromatic heterocycles. The molecule has 360 valence electrons. The van der Waals surface area contributed by atoms with Gasteiger partial charge < -0.3 is 25.3 Å². The fourth-order valence-electron chi connectivity index (χ4n) is 7.85. The molecule has 1 saturated heterocycles. The predicted molar refractivity (Wildman–Crippen MR) is 246 cm³/mol. The zero-order chi connectivity index (χ0) is 48.7. The quantitative estimate of drug-likeness (QED) is 0.0491. The number of alkyl halides is 6. The second-order valence-corrected chi connectivity index (χ2v) is 21.3. The number of nitrogens with one attached hydrogen (secondary N) is 2. The van der Waals surface area contributed by atoms with Crippen molar-refractivity contribution in [1.29, 1.82) is 0 Å². The standard InChI is InChI=1S/C47H50F6N4O7S3/c1-31(65-37-8-4-3-5-9-37)41(24-25-56(2)28-29-58)54-42-21-20-38(30-43(42)66(61,62)47(51,52)53)67(63,64)55-45(60)34-14-18-36(19-15-34)57-26-22-33(23-27-57)44(59)40-11-7-6-10-39(40)32-12-16-35(17-13-32)46(48,49)50/h3-21,30-31,33,41,44,54,58-59H,22-29H2,1-2H3,(H,55,60)/t31-,41-,44-/m1/s1. The highest BCUT2D eigenvalue weighted by atomic mass is 32.2. The Balaban J connectivity index is 1.14. The molecule has 0 radical (unpaired) electrons. The van der Waals surface area contributed by atoms with Gasteiger partial charge in [0, 0.05) is 47.1 Å². The molecule has 1 aliphatic heterocycles. The number of carbonyl (C=O) groups is 1. The third kappa shape index (κ3) is 12.7. The Morgan fingerprint density at radius 1 is 0.836 bits per heavy atom. The van der Waals surface area contributed by atoms with Crippen molar-refractivity contribution < 1.29 is 58.2 Å². The predicted octanol–water partition coefficient (Wildman–Crippen LogP) is 9.01. The first-order valence-corrected chi connectivity index (χ1v) is 25.0. The number of likely N-dealkylation sites (N-methyl/N-ethyl adjacent to an activating group) is 1. The van der Waals surface area contributed by atoms with Crippen LogP contribution in [0, 0.1) is 5.92 Å². The number of amides is 1. The van der Waals surface area contributed by atoms with E-state index in [2.05, 4.69) is 5.32 Å². The van der Waals surface area contributed by atoms with Crippen molar-refractivity contribution >= 4 is 48.9 Å². The lowest BCUT2D eigenvalue weighted by Gasteiger charge is -2.36. The van der Waals surface area contributed by atoms with Crippen molar-refractivity contribution in [2.75, 3.05) is 50.1 Å². The summed E-state index contributed by atoms with van der Waals surface area (Å²) in [4.78, 5) is 15.7. The Morgan fingerprint density at radius 2 is 1.46 bits per heavy atom. The van der Waals surface area contributed by atoms with Crippen molar-refractivity contribution in [1.82, 2.24) is 9.62 Å². The van der Waals surface area contributed by atoms with Crippen molar-refractivity contribution in [3.63, 3.8) is 0 Å². The molecule has 4 N–H and O–H groups in total. The zero-order valence-electron chi connectivity index (χ0n) is 36.3. The Bertz CT molecular complexity index is 2690. The van der Waals surface area contributed by atoms with Gasteiger partial charge in [-0.2, -0.15) is 26.3 Å². The summed E-state index contributed by atoms with van der Waals surface area (Å²) in [5.41, 5.74) is -4.78. The number of carbonyl (C=O) groups excluding carboxylic acids is 1. The number of nitrogens with zero attached hydrogens (tertiary/aromatic N) is 2. The van der Waals surface area contributed by atoms with E-state index in [0.717, 1.165) is 29.2 Å². The van der Waals surface area contributed by atoms with Gasteiger partial charge in [-0.1, -0.05) is 61.5 Å². The normalized spacial score (nSPS) is 15.5. The maximum absolute atomic E-state index is 14.2. The smallest absolute Gasteiger partial charge is 0.395 e. The Hall–Kier alpha value is -5.12. The summed E-state index contributed by atoms with van der Waals surface area (Å²) in [7, 11) is -9.33. The van der Waals surface area contributed by atoms with E-state index in [0.29, 0.717) is 73.9 Å². The molecule has 5 aromatic carbocycles. The molecule has 1 heterocycles. The lowest BCUT2D eigenvalue weighted by Crippen LogP contribution is -2.36. The molecule has 1 aliphatic rings. The fourth-order valence-corrected chi connectivity index (χ4v) is 11.0. The number of halogens is 6. The summed E-state index contributed by atoms with van der Waals surface area (Å²) in [6.45, 7) is 3.34. The van der Waals surface area contributed by atoms with Crippen molar-refractivity contribution in [2.24, 2.45) is 5.92 Å². The van der Waals surface area contributed by atoms with Crippen LogP contribution in [-0.4, -0.2) is 94.5 Å². The highest BCUT2D eigenvalue weighted by Gasteiger charge is 2.48. The number of anilines is 2.